The van der Waals surface area contributed by atoms with Crippen molar-refractivity contribution in [2.45, 2.75) is 26.4 Å². The number of benzene rings is 2. The number of tetrazole rings is 1. The topological polar surface area (TPSA) is 84.2 Å². The summed E-state index contributed by atoms with van der Waals surface area (Å²) in [4.78, 5) is 28.4. The van der Waals surface area contributed by atoms with Gasteiger partial charge in [0.15, 0.2) is 5.82 Å². The van der Waals surface area contributed by atoms with E-state index in [2.05, 4.69) is 15.5 Å². The lowest BCUT2D eigenvalue weighted by atomic mass is 10.2. The van der Waals surface area contributed by atoms with Crippen LogP contribution in [0.4, 0.5) is 10.5 Å². The number of nitrogens with zero attached hydrogens (tertiary/aromatic N) is 6. The highest BCUT2D eigenvalue weighted by Crippen LogP contribution is 2.27. The molecule has 8 heteroatoms. The number of carbonyl (C=O) groups is 2. The van der Waals surface area contributed by atoms with E-state index in [0.717, 1.165) is 11.3 Å². The standard InChI is InChI=1S/C19H18N6O2/c1-13-8-10-15(11-9-13)24-14(2)18(26)23(19(24)27)12-17-20-21-22-25(17)16-6-4-3-5-7-16/h3-11,14H,12H2,1-2H3. The molecule has 4 rings (SSSR count). The van der Waals surface area contributed by atoms with Crippen LogP contribution >= 0.6 is 0 Å². The third-order valence-corrected chi connectivity index (χ3v) is 4.59. The lowest BCUT2D eigenvalue weighted by Gasteiger charge is -2.19. The summed E-state index contributed by atoms with van der Waals surface area (Å²) in [6.07, 6.45) is 0. The fourth-order valence-electron chi connectivity index (χ4n) is 3.13. The molecule has 3 amide bonds. The maximum absolute atomic E-state index is 12.9. The normalized spacial score (nSPS) is 17.0. The van der Waals surface area contributed by atoms with Gasteiger partial charge in [0, 0.05) is 5.69 Å². The number of urea groups is 1. The van der Waals surface area contributed by atoms with Gasteiger partial charge in [-0.3, -0.25) is 14.6 Å². The molecule has 1 fully saturated rings. The van der Waals surface area contributed by atoms with Crippen LogP contribution in [0.3, 0.4) is 0 Å². The molecule has 1 aromatic heterocycles. The molecule has 2 aromatic carbocycles. The first-order valence-electron chi connectivity index (χ1n) is 8.60. The predicted molar refractivity (Wildman–Crippen MR) is 98.2 cm³/mol. The van der Waals surface area contributed by atoms with Crippen LogP contribution in [0.15, 0.2) is 54.6 Å². The molecule has 27 heavy (non-hydrogen) atoms. The smallest absolute Gasteiger partial charge is 0.282 e. The highest BCUT2D eigenvalue weighted by Gasteiger charge is 2.43. The Hall–Kier alpha value is -3.55. The van der Waals surface area contributed by atoms with Crippen LogP contribution in [0.5, 0.6) is 0 Å². The maximum atomic E-state index is 12.9. The van der Waals surface area contributed by atoms with Gasteiger partial charge in [0.25, 0.3) is 5.91 Å². The Morgan fingerprint density at radius 1 is 0.963 bits per heavy atom. The summed E-state index contributed by atoms with van der Waals surface area (Å²) in [6, 6.07) is 15.9. The maximum Gasteiger partial charge on any atom is 0.332 e. The Labute approximate surface area is 156 Å². The minimum atomic E-state index is -0.582. The van der Waals surface area contributed by atoms with Crippen molar-refractivity contribution in [2.24, 2.45) is 0 Å². The van der Waals surface area contributed by atoms with Crippen LogP contribution in [0.25, 0.3) is 5.69 Å². The number of aryl methyl sites for hydroxylation is 1. The van der Waals surface area contributed by atoms with Gasteiger partial charge in [-0.05, 0) is 48.5 Å². The minimum Gasteiger partial charge on any atom is -0.282 e. The zero-order valence-corrected chi connectivity index (χ0v) is 15.0. The SMILES string of the molecule is Cc1ccc(N2C(=O)N(Cc3nnnn3-c3ccccc3)C(=O)C2C)cc1. The van der Waals surface area contributed by atoms with Gasteiger partial charge in [-0.15, -0.1) is 5.10 Å². The average Bonchev–Trinajstić information content (AvgIpc) is 3.23. The molecule has 1 atom stereocenters. The van der Waals surface area contributed by atoms with Gasteiger partial charge in [0.05, 0.1) is 12.2 Å². The molecule has 1 unspecified atom stereocenters. The Morgan fingerprint density at radius 2 is 1.67 bits per heavy atom. The number of hydrogen-bond donors (Lipinski definition) is 0. The molecule has 1 saturated heterocycles. The Balaban J connectivity index is 1.62. The monoisotopic (exact) mass is 362 g/mol. The summed E-state index contributed by atoms with van der Waals surface area (Å²) in [7, 11) is 0. The average molecular weight is 362 g/mol. The lowest BCUT2D eigenvalue weighted by molar-refractivity contribution is -0.127. The van der Waals surface area contributed by atoms with E-state index in [9.17, 15) is 9.59 Å². The summed E-state index contributed by atoms with van der Waals surface area (Å²) in [5.74, 6) is 0.143. The van der Waals surface area contributed by atoms with Crippen LogP contribution < -0.4 is 4.90 Å². The molecule has 136 valence electrons. The highest BCUT2D eigenvalue weighted by atomic mass is 16.2. The Kier molecular flexibility index (Phi) is 4.15. The number of hydrogen-bond acceptors (Lipinski definition) is 5. The molecule has 0 N–H and O–H groups in total. The van der Waals surface area contributed by atoms with Crippen LogP contribution in [0.1, 0.15) is 18.3 Å². The van der Waals surface area contributed by atoms with Crippen LogP contribution in [-0.2, 0) is 11.3 Å². The van der Waals surface area contributed by atoms with Crippen molar-refractivity contribution in [1.29, 1.82) is 0 Å². The first-order valence-corrected chi connectivity index (χ1v) is 8.60. The molecular weight excluding hydrogens is 344 g/mol. The zero-order chi connectivity index (χ0) is 19.0. The molecule has 2 heterocycles. The van der Waals surface area contributed by atoms with Crippen LogP contribution in [-0.4, -0.2) is 43.1 Å². The first kappa shape index (κ1) is 16.9. The first-order chi connectivity index (χ1) is 13.1. The second kappa shape index (κ2) is 6.64. The number of aromatic nitrogens is 4. The second-order valence-corrected chi connectivity index (χ2v) is 6.43. The molecule has 3 aromatic rings. The third-order valence-electron chi connectivity index (χ3n) is 4.59. The van der Waals surface area contributed by atoms with Gasteiger partial charge < -0.3 is 0 Å². The summed E-state index contributed by atoms with van der Waals surface area (Å²) >= 11 is 0. The second-order valence-electron chi connectivity index (χ2n) is 6.43. The van der Waals surface area contributed by atoms with E-state index >= 15 is 0 Å². The van der Waals surface area contributed by atoms with Crippen molar-refractivity contribution >= 4 is 17.6 Å². The summed E-state index contributed by atoms with van der Waals surface area (Å²) in [5.41, 5.74) is 2.54. The highest BCUT2D eigenvalue weighted by molar-refractivity contribution is 6.13. The number of rotatable bonds is 4. The number of anilines is 1. The number of para-hydroxylation sites is 1. The molecule has 0 bridgehead atoms. The Bertz CT molecular complexity index is 983. The lowest BCUT2D eigenvalue weighted by Crippen LogP contribution is -2.34. The minimum absolute atomic E-state index is 0.00621. The zero-order valence-electron chi connectivity index (χ0n) is 15.0. The van der Waals surface area contributed by atoms with Gasteiger partial charge in [-0.1, -0.05) is 35.9 Å². The van der Waals surface area contributed by atoms with Gasteiger partial charge in [-0.25, -0.2) is 4.79 Å². The van der Waals surface area contributed by atoms with Crippen LogP contribution in [0, 0.1) is 6.92 Å². The number of carbonyl (C=O) groups excluding carboxylic acids is 2. The van der Waals surface area contributed by atoms with Crippen molar-refractivity contribution in [3.05, 3.63) is 66.0 Å². The van der Waals surface area contributed by atoms with Gasteiger partial charge in [0.1, 0.15) is 6.04 Å². The van der Waals surface area contributed by atoms with Crippen molar-refractivity contribution in [2.75, 3.05) is 4.90 Å². The van der Waals surface area contributed by atoms with E-state index in [1.807, 2.05) is 61.5 Å². The van der Waals surface area contributed by atoms with Gasteiger partial charge in [-0.2, -0.15) is 4.68 Å². The molecular formula is C19H18N6O2. The van der Waals surface area contributed by atoms with E-state index in [1.54, 1.807) is 6.92 Å². The van der Waals surface area contributed by atoms with E-state index in [4.69, 9.17) is 0 Å². The van der Waals surface area contributed by atoms with Crippen molar-refractivity contribution in [3.63, 3.8) is 0 Å². The molecule has 0 saturated carbocycles. The van der Waals surface area contributed by atoms with Crippen molar-refractivity contribution < 1.29 is 9.59 Å². The molecule has 1 aliphatic rings. The van der Waals surface area contributed by atoms with Crippen molar-refractivity contribution in [1.82, 2.24) is 25.1 Å². The van der Waals surface area contributed by atoms with Gasteiger partial charge >= 0.3 is 6.03 Å². The molecule has 1 aliphatic heterocycles. The van der Waals surface area contributed by atoms with Crippen LogP contribution in [0.2, 0.25) is 0 Å². The summed E-state index contributed by atoms with van der Waals surface area (Å²) < 4.78 is 1.53. The molecule has 8 nitrogen and oxygen atoms in total. The quantitative estimate of drug-likeness (QED) is 0.665. The van der Waals surface area contributed by atoms with Crippen molar-refractivity contribution in [3.8, 4) is 5.69 Å². The number of amides is 3. The van der Waals surface area contributed by atoms with E-state index in [0.29, 0.717) is 11.5 Å². The van der Waals surface area contributed by atoms with Gasteiger partial charge in [0.2, 0.25) is 0 Å². The largest absolute Gasteiger partial charge is 0.332 e. The fourth-order valence-corrected chi connectivity index (χ4v) is 3.13. The molecule has 0 radical (unpaired) electrons. The third kappa shape index (κ3) is 2.95. The Morgan fingerprint density at radius 3 is 2.37 bits per heavy atom. The molecule has 0 aliphatic carbocycles. The summed E-state index contributed by atoms with van der Waals surface area (Å²) in [5, 5.41) is 11.7. The molecule has 0 spiro atoms. The van der Waals surface area contributed by atoms with E-state index in [1.165, 1.54) is 14.5 Å². The van der Waals surface area contributed by atoms with E-state index in [-0.39, 0.29) is 18.5 Å². The fraction of sp³-hybridized carbons (Fsp3) is 0.211. The van der Waals surface area contributed by atoms with E-state index < -0.39 is 6.04 Å². The summed E-state index contributed by atoms with van der Waals surface area (Å²) in [6.45, 7) is 3.70. The predicted octanol–water partition coefficient (Wildman–Crippen LogP) is 2.33. The number of imide groups is 1.